The Balaban J connectivity index is 1.58. The molecule has 36 heavy (non-hydrogen) atoms. The number of carbonyl (C=O) groups excluding carboxylic acids is 1. The maximum Gasteiger partial charge on any atom is 0.219 e. The first-order valence-electron chi connectivity index (χ1n) is 11.2. The molecular formula is C25H24F2N6O2S. The van der Waals surface area contributed by atoms with E-state index >= 15 is 0 Å². The quantitative estimate of drug-likeness (QED) is 0.543. The first kappa shape index (κ1) is 25.2. The van der Waals surface area contributed by atoms with Crippen LogP contribution in [0.15, 0.2) is 41.7 Å². The third kappa shape index (κ3) is 5.66. The molecule has 0 bridgehead atoms. The number of piperazine rings is 1. The minimum Gasteiger partial charge on any atom is -0.352 e. The fraction of sp³-hybridized carbons (Fsp3) is 0.280. The molecule has 4 rings (SSSR count). The van der Waals surface area contributed by atoms with Gasteiger partial charge in [-0.1, -0.05) is 11.8 Å². The molecule has 1 N–H and O–H groups in total. The van der Waals surface area contributed by atoms with Crippen molar-refractivity contribution in [3.8, 4) is 11.8 Å². The third-order valence-corrected chi connectivity index (χ3v) is 6.89. The van der Waals surface area contributed by atoms with Gasteiger partial charge in [0.25, 0.3) is 0 Å². The number of halogens is 2. The Morgan fingerprint density at radius 1 is 1.03 bits per heavy atom. The van der Waals surface area contributed by atoms with E-state index < -0.39 is 22.6 Å². The molecule has 1 atom stereocenters. The van der Waals surface area contributed by atoms with Gasteiger partial charge in [0.15, 0.2) is 11.0 Å². The van der Waals surface area contributed by atoms with E-state index in [4.69, 9.17) is 0 Å². The number of aryl methyl sites for hydroxylation is 2. The predicted molar refractivity (Wildman–Crippen MR) is 133 cm³/mol. The lowest BCUT2D eigenvalue weighted by Crippen LogP contribution is -2.48. The second-order valence-electron chi connectivity index (χ2n) is 8.20. The van der Waals surface area contributed by atoms with Gasteiger partial charge in [0.2, 0.25) is 5.91 Å². The maximum absolute atomic E-state index is 14.0. The summed E-state index contributed by atoms with van der Waals surface area (Å²) in [5, 5.41) is 0. The Morgan fingerprint density at radius 3 is 2.47 bits per heavy atom. The fourth-order valence-corrected chi connectivity index (χ4v) is 4.64. The number of anilines is 2. The summed E-state index contributed by atoms with van der Waals surface area (Å²) in [4.78, 5) is 28.4. The highest BCUT2D eigenvalue weighted by molar-refractivity contribution is 7.86. The molecule has 1 unspecified atom stereocenters. The van der Waals surface area contributed by atoms with E-state index in [0.717, 1.165) is 12.1 Å². The molecule has 0 spiro atoms. The van der Waals surface area contributed by atoms with E-state index in [0.29, 0.717) is 66.3 Å². The molecule has 3 aromatic rings. The van der Waals surface area contributed by atoms with Crippen LogP contribution in [0, 0.1) is 37.3 Å². The van der Waals surface area contributed by atoms with Crippen molar-refractivity contribution in [2.75, 3.05) is 35.8 Å². The van der Waals surface area contributed by atoms with Gasteiger partial charge in [-0.05, 0) is 32.0 Å². The number of nitrogens with zero attached hydrogens (tertiary/aromatic N) is 5. The highest BCUT2D eigenvalue weighted by Crippen LogP contribution is 2.22. The summed E-state index contributed by atoms with van der Waals surface area (Å²) in [6.07, 6.45) is 3.08. The van der Waals surface area contributed by atoms with Crippen LogP contribution in [0.5, 0.6) is 0 Å². The van der Waals surface area contributed by atoms with Crippen molar-refractivity contribution in [2.45, 2.75) is 25.7 Å². The Hall–Kier alpha value is -3.91. The smallest absolute Gasteiger partial charge is 0.219 e. The van der Waals surface area contributed by atoms with Gasteiger partial charge < -0.3 is 9.80 Å². The SMILES string of the molecule is CC(=O)N1CCN(c2ncnc(C)c2C#Cc2cnc(C)c(NS(=O)c3ccc(F)cc3F)c2)CC1. The molecule has 0 saturated carbocycles. The van der Waals surface area contributed by atoms with Crippen LogP contribution in [-0.2, 0) is 15.8 Å². The summed E-state index contributed by atoms with van der Waals surface area (Å²) in [6, 6.07) is 4.53. The summed E-state index contributed by atoms with van der Waals surface area (Å²) in [5.74, 6) is 5.29. The van der Waals surface area contributed by atoms with Crippen LogP contribution in [0.1, 0.15) is 29.4 Å². The highest BCUT2D eigenvalue weighted by Gasteiger charge is 2.22. The number of hydrogen-bond acceptors (Lipinski definition) is 6. The van der Waals surface area contributed by atoms with E-state index in [-0.39, 0.29) is 10.8 Å². The first-order valence-corrected chi connectivity index (χ1v) is 12.3. The zero-order valence-corrected chi connectivity index (χ0v) is 20.8. The number of aromatic nitrogens is 3. The van der Waals surface area contributed by atoms with Crippen molar-refractivity contribution in [1.82, 2.24) is 19.9 Å². The summed E-state index contributed by atoms with van der Waals surface area (Å²) >= 11 is 0. The first-order chi connectivity index (χ1) is 17.2. The predicted octanol–water partition coefficient (Wildman–Crippen LogP) is 2.97. The Kier molecular flexibility index (Phi) is 7.55. The van der Waals surface area contributed by atoms with Crippen LogP contribution in [0.25, 0.3) is 0 Å². The van der Waals surface area contributed by atoms with E-state index in [2.05, 4.69) is 36.4 Å². The molecule has 0 aliphatic carbocycles. The zero-order chi connectivity index (χ0) is 25.8. The van der Waals surface area contributed by atoms with E-state index in [1.165, 1.54) is 6.33 Å². The summed E-state index contributed by atoms with van der Waals surface area (Å²) < 4.78 is 42.6. The molecule has 0 radical (unpaired) electrons. The van der Waals surface area contributed by atoms with Gasteiger partial charge in [0.05, 0.1) is 27.5 Å². The van der Waals surface area contributed by atoms with Crippen molar-refractivity contribution in [3.05, 3.63) is 70.9 Å². The van der Waals surface area contributed by atoms with Crippen molar-refractivity contribution in [3.63, 3.8) is 0 Å². The van der Waals surface area contributed by atoms with Gasteiger partial charge in [-0.15, -0.1) is 0 Å². The second kappa shape index (κ2) is 10.8. The Labute approximate surface area is 210 Å². The number of rotatable bonds is 4. The molecule has 1 saturated heterocycles. The minimum atomic E-state index is -1.96. The van der Waals surface area contributed by atoms with Gasteiger partial charge >= 0.3 is 0 Å². The Bertz CT molecular complexity index is 1400. The molecule has 11 heteroatoms. The highest BCUT2D eigenvalue weighted by atomic mass is 32.2. The van der Waals surface area contributed by atoms with Crippen LogP contribution in [-0.4, -0.2) is 56.1 Å². The average Bonchev–Trinajstić information content (AvgIpc) is 2.85. The number of amides is 1. The van der Waals surface area contributed by atoms with Gasteiger partial charge in [0, 0.05) is 50.9 Å². The van der Waals surface area contributed by atoms with Crippen LogP contribution < -0.4 is 9.62 Å². The van der Waals surface area contributed by atoms with Gasteiger partial charge in [-0.25, -0.2) is 23.0 Å². The van der Waals surface area contributed by atoms with E-state index in [1.54, 1.807) is 31.0 Å². The molecule has 8 nitrogen and oxygen atoms in total. The average molecular weight is 511 g/mol. The molecule has 3 heterocycles. The number of carbonyl (C=O) groups is 1. The number of hydrogen-bond donors (Lipinski definition) is 1. The largest absolute Gasteiger partial charge is 0.352 e. The molecule has 186 valence electrons. The van der Waals surface area contributed by atoms with E-state index in [1.807, 2.05) is 6.92 Å². The molecule has 1 aromatic carbocycles. The van der Waals surface area contributed by atoms with Crippen LogP contribution in [0.3, 0.4) is 0 Å². The molecule has 1 aliphatic rings. The second-order valence-corrected chi connectivity index (χ2v) is 9.38. The van der Waals surface area contributed by atoms with Gasteiger partial charge in [-0.2, -0.15) is 0 Å². The summed E-state index contributed by atoms with van der Waals surface area (Å²) in [5.41, 5.74) is 2.87. The molecular weight excluding hydrogens is 486 g/mol. The number of benzene rings is 1. The standard InChI is InChI=1S/C25H24F2N6O2S/c1-16-21(25(30-15-29-16)33-10-8-32(9-11-33)18(3)34)6-4-19-12-23(17(2)28-14-19)31-36(35)24-7-5-20(26)13-22(24)27/h5,7,12-15,31H,8-11H2,1-3H3. The lowest BCUT2D eigenvalue weighted by molar-refractivity contribution is -0.129. The van der Waals surface area contributed by atoms with Crippen LogP contribution >= 0.6 is 0 Å². The van der Waals surface area contributed by atoms with Crippen LogP contribution in [0.2, 0.25) is 0 Å². The number of nitrogens with one attached hydrogen (secondary N) is 1. The maximum atomic E-state index is 14.0. The summed E-state index contributed by atoms with van der Waals surface area (Å²) in [7, 11) is -1.96. The fourth-order valence-electron chi connectivity index (χ4n) is 3.70. The van der Waals surface area contributed by atoms with Crippen molar-refractivity contribution in [2.24, 2.45) is 0 Å². The van der Waals surface area contributed by atoms with Crippen molar-refractivity contribution < 1.29 is 17.8 Å². The molecule has 1 amide bonds. The third-order valence-electron chi connectivity index (χ3n) is 5.76. The molecule has 2 aromatic heterocycles. The lowest BCUT2D eigenvalue weighted by Gasteiger charge is -2.35. The lowest BCUT2D eigenvalue weighted by atomic mass is 10.1. The molecule has 1 fully saturated rings. The van der Waals surface area contributed by atoms with E-state index in [9.17, 15) is 17.8 Å². The molecule has 1 aliphatic heterocycles. The number of pyridine rings is 1. The summed E-state index contributed by atoms with van der Waals surface area (Å²) in [6.45, 7) is 7.61. The van der Waals surface area contributed by atoms with Crippen LogP contribution in [0.4, 0.5) is 20.3 Å². The Morgan fingerprint density at radius 2 is 1.78 bits per heavy atom. The van der Waals surface area contributed by atoms with Gasteiger partial charge in [-0.3, -0.25) is 14.5 Å². The monoisotopic (exact) mass is 510 g/mol. The zero-order valence-electron chi connectivity index (χ0n) is 20.0. The normalized spacial score (nSPS) is 14.1. The van der Waals surface area contributed by atoms with Crippen molar-refractivity contribution >= 4 is 28.4 Å². The minimum absolute atomic E-state index is 0.0490. The van der Waals surface area contributed by atoms with Gasteiger partial charge in [0.1, 0.15) is 23.8 Å². The topological polar surface area (TPSA) is 91.3 Å². The van der Waals surface area contributed by atoms with Crippen molar-refractivity contribution in [1.29, 1.82) is 0 Å².